The van der Waals surface area contributed by atoms with Gasteiger partial charge >= 0.3 is 0 Å². The van der Waals surface area contributed by atoms with E-state index in [2.05, 4.69) is 24.3 Å². The number of rotatable bonds is 4. The predicted molar refractivity (Wildman–Crippen MR) is 66.0 cm³/mol. The molecule has 96 valence electrons. The van der Waals surface area contributed by atoms with E-state index in [-0.39, 0.29) is 6.61 Å². The fraction of sp³-hybridized carbons (Fsp3) is 0.750. The average Bonchev–Trinajstić information content (AvgIpc) is 2.64. The topological polar surface area (TPSA) is 59.3 Å². The largest absolute Gasteiger partial charge is 0.394 e. The lowest BCUT2D eigenvalue weighted by Gasteiger charge is -2.32. The van der Waals surface area contributed by atoms with Crippen LogP contribution in [0.5, 0.6) is 0 Å². The molecule has 2 atom stereocenters. The Morgan fingerprint density at radius 1 is 1.47 bits per heavy atom. The molecule has 0 bridgehead atoms. The van der Waals surface area contributed by atoms with Gasteiger partial charge in [0.15, 0.2) is 0 Å². The maximum Gasteiger partial charge on any atom is 0.0728 e. The summed E-state index contributed by atoms with van der Waals surface area (Å²) in [6.07, 6.45) is 6.40. The van der Waals surface area contributed by atoms with Crippen LogP contribution in [0, 0.1) is 0 Å². The van der Waals surface area contributed by atoms with Crippen LogP contribution in [0.2, 0.25) is 0 Å². The molecule has 1 aliphatic heterocycles. The van der Waals surface area contributed by atoms with Crippen molar-refractivity contribution in [1.82, 2.24) is 9.78 Å². The van der Waals surface area contributed by atoms with E-state index in [1.54, 1.807) is 10.9 Å². The summed E-state index contributed by atoms with van der Waals surface area (Å²) in [5.41, 5.74) is 1.02. The molecule has 1 aromatic rings. The Labute approximate surface area is 102 Å². The van der Waals surface area contributed by atoms with Crippen LogP contribution in [-0.4, -0.2) is 39.7 Å². The summed E-state index contributed by atoms with van der Waals surface area (Å²) in [7, 11) is 0. The fourth-order valence-electron chi connectivity index (χ4n) is 2.42. The van der Waals surface area contributed by atoms with E-state index in [0.29, 0.717) is 24.8 Å². The van der Waals surface area contributed by atoms with Gasteiger partial charge in [-0.15, -0.1) is 0 Å². The molecule has 1 aliphatic rings. The Morgan fingerprint density at radius 2 is 2.18 bits per heavy atom. The summed E-state index contributed by atoms with van der Waals surface area (Å²) in [5, 5.41) is 16.5. The Morgan fingerprint density at radius 3 is 2.82 bits per heavy atom. The summed E-state index contributed by atoms with van der Waals surface area (Å²) in [6.45, 7) is 4.88. The van der Waals surface area contributed by atoms with Crippen molar-refractivity contribution < 1.29 is 9.84 Å². The summed E-state index contributed by atoms with van der Waals surface area (Å²) in [5.74, 6) is 0. The highest BCUT2D eigenvalue weighted by molar-refractivity contribution is 5.39. The summed E-state index contributed by atoms with van der Waals surface area (Å²) in [4.78, 5) is 0. The van der Waals surface area contributed by atoms with Gasteiger partial charge in [0.2, 0.25) is 0 Å². The molecule has 5 heteroatoms. The quantitative estimate of drug-likeness (QED) is 0.830. The van der Waals surface area contributed by atoms with Gasteiger partial charge < -0.3 is 15.2 Å². The van der Waals surface area contributed by atoms with Gasteiger partial charge in [-0.3, -0.25) is 4.68 Å². The van der Waals surface area contributed by atoms with Crippen molar-refractivity contribution in [1.29, 1.82) is 0 Å². The van der Waals surface area contributed by atoms with E-state index in [1.807, 2.05) is 6.20 Å². The van der Waals surface area contributed by atoms with Crippen molar-refractivity contribution in [2.45, 2.75) is 51.5 Å². The molecular formula is C12H21N3O2. The van der Waals surface area contributed by atoms with Crippen molar-refractivity contribution >= 4 is 5.69 Å². The lowest BCUT2D eigenvalue weighted by Crippen LogP contribution is -2.36. The highest BCUT2D eigenvalue weighted by Crippen LogP contribution is 2.22. The van der Waals surface area contributed by atoms with Crippen molar-refractivity contribution in [2.24, 2.45) is 0 Å². The van der Waals surface area contributed by atoms with Gasteiger partial charge in [-0.05, 0) is 26.7 Å². The molecule has 1 saturated heterocycles. The summed E-state index contributed by atoms with van der Waals surface area (Å²) >= 11 is 0. The number of ether oxygens (including phenoxy) is 1. The van der Waals surface area contributed by atoms with E-state index in [9.17, 15) is 0 Å². The molecule has 0 radical (unpaired) electrons. The minimum atomic E-state index is 0.118. The molecule has 1 fully saturated rings. The van der Waals surface area contributed by atoms with Crippen LogP contribution in [0.4, 0.5) is 5.69 Å². The zero-order valence-electron chi connectivity index (χ0n) is 10.5. The van der Waals surface area contributed by atoms with Crippen LogP contribution in [0.15, 0.2) is 12.4 Å². The number of nitrogens with zero attached hydrogens (tertiary/aromatic N) is 2. The van der Waals surface area contributed by atoms with Gasteiger partial charge in [-0.1, -0.05) is 0 Å². The molecule has 1 aromatic heterocycles. The maximum atomic E-state index is 8.82. The van der Waals surface area contributed by atoms with Gasteiger partial charge in [-0.25, -0.2) is 0 Å². The third-order valence-electron chi connectivity index (χ3n) is 3.03. The van der Waals surface area contributed by atoms with Crippen LogP contribution in [-0.2, 0) is 11.3 Å². The molecule has 2 heterocycles. The van der Waals surface area contributed by atoms with Crippen molar-refractivity contribution in [3.8, 4) is 0 Å². The third-order valence-corrected chi connectivity index (χ3v) is 3.03. The molecule has 0 spiro atoms. The van der Waals surface area contributed by atoms with Gasteiger partial charge in [-0.2, -0.15) is 5.10 Å². The van der Waals surface area contributed by atoms with E-state index in [1.165, 1.54) is 0 Å². The predicted octanol–water partition coefficient (Wildman–Crippen LogP) is 1.24. The monoisotopic (exact) mass is 239 g/mol. The van der Waals surface area contributed by atoms with Crippen molar-refractivity contribution in [3.05, 3.63) is 12.4 Å². The second-order valence-electron chi connectivity index (χ2n) is 4.79. The summed E-state index contributed by atoms with van der Waals surface area (Å²) < 4.78 is 7.45. The second kappa shape index (κ2) is 5.51. The molecule has 2 unspecified atom stereocenters. The molecule has 5 nitrogen and oxygen atoms in total. The van der Waals surface area contributed by atoms with E-state index < -0.39 is 0 Å². The Balaban J connectivity index is 1.90. The van der Waals surface area contributed by atoms with Crippen LogP contribution >= 0.6 is 0 Å². The number of aliphatic hydroxyl groups is 1. The Bertz CT molecular complexity index is 343. The van der Waals surface area contributed by atoms with Crippen LogP contribution in [0.3, 0.4) is 0 Å². The van der Waals surface area contributed by atoms with Crippen LogP contribution in [0.1, 0.15) is 26.7 Å². The molecule has 2 N–H and O–H groups in total. The number of hydrogen-bond donors (Lipinski definition) is 2. The first-order valence-electron chi connectivity index (χ1n) is 6.22. The lowest BCUT2D eigenvalue weighted by atomic mass is 10.00. The first kappa shape index (κ1) is 12.4. The van der Waals surface area contributed by atoms with Gasteiger partial charge in [0, 0.05) is 12.2 Å². The highest BCUT2D eigenvalue weighted by atomic mass is 16.5. The zero-order valence-corrected chi connectivity index (χ0v) is 10.5. The fourth-order valence-corrected chi connectivity index (χ4v) is 2.42. The molecule has 0 amide bonds. The van der Waals surface area contributed by atoms with Crippen molar-refractivity contribution in [3.63, 3.8) is 0 Å². The van der Waals surface area contributed by atoms with Gasteiger partial charge in [0.1, 0.15) is 0 Å². The number of aliphatic hydroxyl groups excluding tert-OH is 1. The zero-order chi connectivity index (χ0) is 12.3. The molecule has 17 heavy (non-hydrogen) atoms. The smallest absolute Gasteiger partial charge is 0.0728 e. The first-order valence-corrected chi connectivity index (χ1v) is 6.22. The first-order chi connectivity index (χ1) is 8.17. The maximum absolute atomic E-state index is 8.82. The number of nitrogens with one attached hydrogen (secondary N) is 1. The minimum absolute atomic E-state index is 0.118. The molecule has 0 aromatic carbocycles. The second-order valence-corrected chi connectivity index (χ2v) is 4.79. The Kier molecular flexibility index (Phi) is 4.02. The van der Waals surface area contributed by atoms with Crippen LogP contribution in [0.25, 0.3) is 0 Å². The SMILES string of the molecule is CC1CC(Nc2cnn(CCO)c2)CC(C)O1. The summed E-state index contributed by atoms with van der Waals surface area (Å²) in [6, 6.07) is 0.445. The van der Waals surface area contributed by atoms with E-state index in [0.717, 1.165) is 18.5 Å². The third kappa shape index (κ3) is 3.44. The standard InChI is InChI=1S/C12H21N3O2/c1-9-5-11(6-10(2)17-9)14-12-7-13-15(8-12)3-4-16/h7-11,14,16H,3-6H2,1-2H3. The van der Waals surface area contributed by atoms with Gasteiger partial charge in [0.25, 0.3) is 0 Å². The number of anilines is 1. The molecular weight excluding hydrogens is 218 g/mol. The van der Waals surface area contributed by atoms with E-state index in [4.69, 9.17) is 9.84 Å². The average molecular weight is 239 g/mol. The minimum Gasteiger partial charge on any atom is -0.394 e. The molecule has 0 aliphatic carbocycles. The molecule has 0 saturated carbocycles. The highest BCUT2D eigenvalue weighted by Gasteiger charge is 2.24. The van der Waals surface area contributed by atoms with E-state index >= 15 is 0 Å². The normalized spacial score (nSPS) is 29.2. The lowest BCUT2D eigenvalue weighted by molar-refractivity contribution is -0.0337. The van der Waals surface area contributed by atoms with Crippen LogP contribution < -0.4 is 5.32 Å². The Hall–Kier alpha value is -1.07. The number of aromatic nitrogens is 2. The molecule has 2 rings (SSSR count). The van der Waals surface area contributed by atoms with Crippen molar-refractivity contribution in [2.75, 3.05) is 11.9 Å². The number of hydrogen-bond acceptors (Lipinski definition) is 4. The van der Waals surface area contributed by atoms with Gasteiger partial charge in [0.05, 0.1) is 37.2 Å².